The highest BCUT2D eigenvalue weighted by Gasteiger charge is 2.36. The van der Waals surface area contributed by atoms with Crippen molar-refractivity contribution < 1.29 is 9.59 Å². The van der Waals surface area contributed by atoms with Crippen molar-refractivity contribution in [2.24, 2.45) is 0 Å². The molecule has 3 aromatic carbocycles. The largest absolute Gasteiger partial charge is 0.317 e. The Bertz CT molecular complexity index is 1490. The Kier molecular flexibility index (Phi) is 5.69. The number of hydrogen-bond acceptors (Lipinski definition) is 3. The number of anilines is 1. The maximum atomic E-state index is 13.1. The second-order valence-corrected chi connectivity index (χ2v) is 10.1. The normalized spacial score (nSPS) is 15.3. The van der Waals surface area contributed by atoms with Crippen LogP contribution in [-0.4, -0.2) is 15.7 Å². The van der Waals surface area contributed by atoms with Gasteiger partial charge in [-0.15, -0.1) is 0 Å². The van der Waals surface area contributed by atoms with Gasteiger partial charge in [0.1, 0.15) is 0 Å². The maximum absolute atomic E-state index is 13.1. The summed E-state index contributed by atoms with van der Waals surface area (Å²) in [5.41, 5.74) is 4.47. The molecule has 33 heavy (non-hydrogen) atoms. The van der Waals surface area contributed by atoms with Crippen molar-refractivity contribution in [3.8, 4) is 5.69 Å². The number of amides is 2. The van der Waals surface area contributed by atoms with E-state index in [0.29, 0.717) is 15.6 Å². The second-order valence-electron chi connectivity index (χ2n) is 7.77. The van der Waals surface area contributed by atoms with E-state index < -0.39 is 0 Å². The van der Waals surface area contributed by atoms with Crippen LogP contribution < -0.4 is 4.90 Å². The summed E-state index contributed by atoms with van der Waals surface area (Å²) >= 11 is 10.6. The van der Waals surface area contributed by atoms with Crippen LogP contribution >= 0.6 is 39.3 Å². The number of benzene rings is 3. The van der Waals surface area contributed by atoms with E-state index in [1.54, 1.807) is 30.3 Å². The molecule has 4 nitrogen and oxygen atoms in total. The fourth-order valence-electron chi connectivity index (χ4n) is 4.19. The van der Waals surface area contributed by atoms with Crippen LogP contribution in [0.5, 0.6) is 0 Å². The molecule has 164 valence electrons. The van der Waals surface area contributed by atoms with Crippen molar-refractivity contribution in [3.05, 3.63) is 98.1 Å². The summed E-state index contributed by atoms with van der Waals surface area (Å²) < 4.78 is 3.22. The van der Waals surface area contributed by atoms with Gasteiger partial charge in [-0.3, -0.25) is 9.59 Å². The second kappa shape index (κ2) is 8.52. The number of aryl methyl sites for hydroxylation is 1. The number of carbonyl (C=O) groups excluding carboxylic acids is 2. The van der Waals surface area contributed by atoms with Crippen LogP contribution in [0.15, 0.2) is 76.1 Å². The summed E-state index contributed by atoms with van der Waals surface area (Å²) in [4.78, 5) is 27.3. The van der Waals surface area contributed by atoms with Crippen molar-refractivity contribution in [3.63, 3.8) is 0 Å². The Morgan fingerprint density at radius 1 is 0.939 bits per heavy atom. The van der Waals surface area contributed by atoms with Crippen molar-refractivity contribution in [2.45, 2.75) is 13.8 Å². The zero-order valence-electron chi connectivity index (χ0n) is 17.8. The minimum Gasteiger partial charge on any atom is -0.317 e. The van der Waals surface area contributed by atoms with Gasteiger partial charge >= 0.3 is 0 Å². The number of imide groups is 1. The number of fused-ring (bicyclic) bond motifs is 1. The lowest BCUT2D eigenvalue weighted by molar-refractivity contribution is -0.113. The summed E-state index contributed by atoms with van der Waals surface area (Å²) in [5.74, 6) is -0.342. The zero-order chi connectivity index (χ0) is 23.3. The highest BCUT2D eigenvalue weighted by Crippen LogP contribution is 2.38. The van der Waals surface area contributed by atoms with E-state index in [1.807, 2.05) is 38.1 Å². The lowest BCUT2D eigenvalue weighted by Gasteiger charge is -2.14. The zero-order valence-corrected chi connectivity index (χ0v) is 21.0. The lowest BCUT2D eigenvalue weighted by Crippen LogP contribution is -2.27. The van der Waals surface area contributed by atoms with Gasteiger partial charge in [0.25, 0.3) is 11.1 Å². The third-order valence-electron chi connectivity index (χ3n) is 5.71. The molecule has 2 amide bonds. The van der Waals surface area contributed by atoms with Gasteiger partial charge in [-0.1, -0.05) is 57.9 Å². The smallest absolute Gasteiger partial charge is 0.298 e. The molecule has 1 aliphatic rings. The monoisotopic (exact) mass is 536 g/mol. The first-order chi connectivity index (χ1) is 15.8. The summed E-state index contributed by atoms with van der Waals surface area (Å²) in [5, 5.41) is 2.40. The minimum atomic E-state index is -0.342. The molecule has 5 rings (SSSR count). The van der Waals surface area contributed by atoms with E-state index in [-0.39, 0.29) is 11.1 Å². The van der Waals surface area contributed by atoms with E-state index >= 15 is 0 Å². The number of nitrogens with zero attached hydrogens (tertiary/aromatic N) is 2. The van der Waals surface area contributed by atoms with E-state index in [9.17, 15) is 9.59 Å². The lowest BCUT2D eigenvalue weighted by atomic mass is 10.1. The number of halogens is 2. The van der Waals surface area contributed by atoms with Gasteiger partial charge in [0.05, 0.1) is 16.3 Å². The molecule has 0 spiro atoms. The van der Waals surface area contributed by atoms with Gasteiger partial charge in [0.2, 0.25) is 0 Å². The van der Waals surface area contributed by atoms with Gasteiger partial charge in [-0.05, 0) is 79.0 Å². The molecule has 0 radical (unpaired) electrons. The van der Waals surface area contributed by atoms with Crippen LogP contribution in [0.4, 0.5) is 10.5 Å². The molecule has 1 fully saturated rings. The summed E-state index contributed by atoms with van der Waals surface area (Å²) in [6.45, 7) is 4.07. The van der Waals surface area contributed by atoms with Crippen LogP contribution in [0.1, 0.15) is 17.0 Å². The quantitative estimate of drug-likeness (QED) is 0.249. The van der Waals surface area contributed by atoms with Crippen LogP contribution in [0.2, 0.25) is 5.02 Å². The fraction of sp³-hybridized carbons (Fsp3) is 0.0769. The molecular formula is C26H18BrClN2O2S. The standard InChI is InChI=1S/C26H18BrClN2O2S/c1-15-12-17(13-24-25(31)30(26(32)33-24)19-7-5-6-18(28)14-19)16(2)29(15)23-11-10-22(27)20-8-3-4-9-21(20)23/h3-14H,1-2H3/b24-13-. The minimum absolute atomic E-state index is 0.332. The molecule has 2 heterocycles. The first kappa shape index (κ1) is 22.0. The van der Waals surface area contributed by atoms with Gasteiger partial charge in [-0.2, -0.15) is 0 Å². The molecule has 1 aliphatic heterocycles. The first-order valence-corrected chi connectivity index (χ1v) is 12.2. The van der Waals surface area contributed by atoms with E-state index in [4.69, 9.17) is 11.6 Å². The van der Waals surface area contributed by atoms with Gasteiger partial charge in [0, 0.05) is 26.3 Å². The Balaban J connectivity index is 1.57. The third kappa shape index (κ3) is 3.82. The number of aromatic nitrogens is 1. The average molecular weight is 538 g/mol. The van der Waals surface area contributed by atoms with Crippen molar-refractivity contribution in [1.82, 2.24) is 4.57 Å². The molecule has 0 saturated carbocycles. The van der Waals surface area contributed by atoms with Crippen molar-refractivity contribution in [1.29, 1.82) is 0 Å². The summed E-state index contributed by atoms with van der Waals surface area (Å²) in [6.07, 6.45) is 1.80. The van der Waals surface area contributed by atoms with E-state index in [0.717, 1.165) is 49.6 Å². The predicted molar refractivity (Wildman–Crippen MR) is 140 cm³/mol. The van der Waals surface area contributed by atoms with Crippen LogP contribution in [0.25, 0.3) is 22.5 Å². The summed E-state index contributed by atoms with van der Waals surface area (Å²) in [6, 6.07) is 21.2. The molecule has 0 bridgehead atoms. The molecule has 0 N–H and O–H groups in total. The highest BCUT2D eigenvalue weighted by atomic mass is 79.9. The van der Waals surface area contributed by atoms with Crippen LogP contribution in [-0.2, 0) is 4.79 Å². The van der Waals surface area contributed by atoms with Gasteiger partial charge in [-0.25, -0.2) is 4.90 Å². The van der Waals surface area contributed by atoms with Crippen LogP contribution in [0, 0.1) is 13.8 Å². The van der Waals surface area contributed by atoms with Crippen LogP contribution in [0.3, 0.4) is 0 Å². The number of rotatable bonds is 3. The van der Waals surface area contributed by atoms with Gasteiger partial charge < -0.3 is 4.57 Å². The Morgan fingerprint density at radius 2 is 1.70 bits per heavy atom. The topological polar surface area (TPSA) is 42.3 Å². The SMILES string of the molecule is Cc1cc(/C=C2\SC(=O)N(c3cccc(Cl)c3)C2=O)c(C)n1-c1ccc(Br)c2ccccc12. The number of hydrogen-bond donors (Lipinski definition) is 0. The molecule has 0 aliphatic carbocycles. The average Bonchev–Trinajstić information content (AvgIpc) is 3.23. The Labute approximate surface area is 209 Å². The third-order valence-corrected chi connectivity index (χ3v) is 7.50. The molecule has 0 atom stereocenters. The summed E-state index contributed by atoms with van der Waals surface area (Å²) in [7, 11) is 0. The van der Waals surface area contributed by atoms with E-state index in [1.165, 1.54) is 4.90 Å². The fourth-order valence-corrected chi connectivity index (χ4v) is 5.69. The molecular weight excluding hydrogens is 520 g/mol. The van der Waals surface area contributed by atoms with E-state index in [2.05, 4.69) is 38.7 Å². The maximum Gasteiger partial charge on any atom is 0.298 e. The predicted octanol–water partition coefficient (Wildman–Crippen LogP) is 7.90. The first-order valence-electron chi connectivity index (χ1n) is 10.3. The van der Waals surface area contributed by atoms with Crippen molar-refractivity contribution in [2.75, 3.05) is 4.90 Å². The molecule has 7 heteroatoms. The highest BCUT2D eigenvalue weighted by molar-refractivity contribution is 9.10. The Hall–Kier alpha value is -2.80. The molecule has 1 aromatic heterocycles. The Morgan fingerprint density at radius 3 is 2.45 bits per heavy atom. The molecule has 0 unspecified atom stereocenters. The number of thioether (sulfide) groups is 1. The van der Waals surface area contributed by atoms with Crippen molar-refractivity contribution >= 4 is 73.0 Å². The number of carbonyl (C=O) groups is 2. The molecule has 1 saturated heterocycles. The van der Waals surface area contributed by atoms with Gasteiger partial charge in [0.15, 0.2) is 0 Å². The molecule has 4 aromatic rings.